The average Bonchev–Trinajstić information content (AvgIpc) is 2.00. The van der Waals surface area contributed by atoms with Crippen LogP contribution in [0.3, 0.4) is 0 Å². The Hall–Kier alpha value is -0.0400. The number of rotatable bonds is 1. The van der Waals surface area contributed by atoms with Crippen LogP contribution in [0.2, 0.25) is 0 Å². The van der Waals surface area contributed by atoms with Crippen molar-refractivity contribution >= 4 is 0 Å². The van der Waals surface area contributed by atoms with Crippen molar-refractivity contribution in [3.8, 4) is 0 Å². The second kappa shape index (κ2) is 3.14. The van der Waals surface area contributed by atoms with Crippen molar-refractivity contribution in [1.82, 2.24) is 0 Å². The Bertz CT molecular complexity index is 133. The largest absolute Gasteiger partial charge is 0.378 e. The molecule has 1 aliphatic heterocycles. The topological polar surface area (TPSA) is 9.23 Å². The molecule has 0 spiro atoms. The van der Waals surface area contributed by atoms with E-state index in [0.717, 1.165) is 6.61 Å². The van der Waals surface area contributed by atoms with E-state index in [1.165, 1.54) is 12.8 Å². The summed E-state index contributed by atoms with van der Waals surface area (Å²) in [6.07, 6.45) is 2.96. The summed E-state index contributed by atoms with van der Waals surface area (Å²) in [5.41, 5.74) is 0.525. The third-order valence-electron chi connectivity index (χ3n) is 3.67. The molecule has 0 bridgehead atoms. The van der Waals surface area contributed by atoms with Gasteiger partial charge in [-0.05, 0) is 24.7 Å². The third kappa shape index (κ3) is 1.58. The van der Waals surface area contributed by atoms with Gasteiger partial charge in [0.15, 0.2) is 0 Å². The van der Waals surface area contributed by atoms with Crippen LogP contribution in [0.4, 0.5) is 0 Å². The molecule has 0 aromatic carbocycles. The molecule has 11 heavy (non-hydrogen) atoms. The molecule has 1 rings (SSSR count). The Labute approximate surface area is 70.1 Å². The summed E-state index contributed by atoms with van der Waals surface area (Å²) in [4.78, 5) is 0. The summed E-state index contributed by atoms with van der Waals surface area (Å²) in [7, 11) is 0. The quantitative estimate of drug-likeness (QED) is 0.567. The van der Waals surface area contributed by atoms with Gasteiger partial charge in [-0.2, -0.15) is 0 Å². The third-order valence-corrected chi connectivity index (χ3v) is 3.67. The molecule has 0 saturated carbocycles. The second-order valence-corrected chi connectivity index (χ2v) is 4.12. The molecular weight excluding hydrogens is 136 g/mol. The molecule has 1 heterocycles. The Balaban J connectivity index is 2.64. The molecular formula is C10H20O. The van der Waals surface area contributed by atoms with Gasteiger partial charge in [0, 0.05) is 6.61 Å². The van der Waals surface area contributed by atoms with Gasteiger partial charge in [-0.15, -0.1) is 0 Å². The van der Waals surface area contributed by atoms with E-state index >= 15 is 0 Å². The maximum atomic E-state index is 5.59. The van der Waals surface area contributed by atoms with Gasteiger partial charge < -0.3 is 4.74 Å². The zero-order chi connectivity index (χ0) is 8.48. The van der Waals surface area contributed by atoms with Gasteiger partial charge in [0.2, 0.25) is 0 Å². The first kappa shape index (κ1) is 9.05. The minimum Gasteiger partial charge on any atom is -0.378 e. The fourth-order valence-electron chi connectivity index (χ4n) is 1.92. The van der Waals surface area contributed by atoms with Crippen LogP contribution < -0.4 is 0 Å². The van der Waals surface area contributed by atoms with Crippen LogP contribution >= 0.6 is 0 Å². The van der Waals surface area contributed by atoms with Crippen molar-refractivity contribution in [3.05, 3.63) is 0 Å². The Morgan fingerprint density at radius 2 is 2.09 bits per heavy atom. The summed E-state index contributed by atoms with van der Waals surface area (Å²) in [5, 5.41) is 0. The van der Waals surface area contributed by atoms with Crippen molar-refractivity contribution in [2.75, 3.05) is 6.61 Å². The van der Waals surface area contributed by atoms with E-state index in [9.17, 15) is 0 Å². The van der Waals surface area contributed by atoms with E-state index in [0.29, 0.717) is 17.4 Å². The lowest BCUT2D eigenvalue weighted by molar-refractivity contribution is -0.0805. The van der Waals surface area contributed by atoms with Crippen LogP contribution in [0, 0.1) is 11.3 Å². The lowest BCUT2D eigenvalue weighted by Crippen LogP contribution is -2.39. The van der Waals surface area contributed by atoms with Gasteiger partial charge in [-0.3, -0.25) is 0 Å². The Morgan fingerprint density at radius 3 is 2.55 bits per heavy atom. The van der Waals surface area contributed by atoms with Crippen LogP contribution in [0.1, 0.15) is 40.5 Å². The molecule has 66 valence electrons. The molecule has 0 aliphatic carbocycles. The van der Waals surface area contributed by atoms with Crippen molar-refractivity contribution < 1.29 is 4.74 Å². The lowest BCUT2D eigenvalue weighted by Gasteiger charge is -2.42. The van der Waals surface area contributed by atoms with Crippen molar-refractivity contribution in [2.24, 2.45) is 11.3 Å². The van der Waals surface area contributed by atoms with Crippen LogP contribution in [-0.4, -0.2) is 12.7 Å². The normalized spacial score (nSPS) is 45.8. The van der Waals surface area contributed by atoms with Crippen molar-refractivity contribution in [3.63, 3.8) is 0 Å². The Morgan fingerprint density at radius 1 is 1.45 bits per heavy atom. The van der Waals surface area contributed by atoms with Crippen molar-refractivity contribution in [2.45, 2.75) is 46.6 Å². The van der Waals surface area contributed by atoms with E-state index in [4.69, 9.17) is 4.74 Å². The molecule has 1 fully saturated rings. The van der Waals surface area contributed by atoms with Crippen LogP contribution in [0.25, 0.3) is 0 Å². The molecule has 0 aromatic heterocycles. The molecule has 0 N–H and O–H groups in total. The fourth-order valence-corrected chi connectivity index (χ4v) is 1.92. The number of ether oxygens (including phenoxy) is 1. The molecule has 3 atom stereocenters. The molecule has 0 amide bonds. The first-order valence-electron chi connectivity index (χ1n) is 4.72. The maximum absolute atomic E-state index is 5.59. The molecule has 1 unspecified atom stereocenters. The monoisotopic (exact) mass is 156 g/mol. The minimum atomic E-state index is 0.452. The molecule has 0 aromatic rings. The Kier molecular flexibility index (Phi) is 2.58. The standard InChI is InChI=1S/C10H20O/c1-5-10(4)6-7-11-9(3)8(10)2/h8-9H,5-7H2,1-4H3/t8-,9?,10+/m0/s1. The second-order valence-electron chi connectivity index (χ2n) is 4.12. The summed E-state index contributed by atoms with van der Waals surface area (Å²) in [6, 6.07) is 0. The zero-order valence-electron chi connectivity index (χ0n) is 8.18. The molecule has 1 nitrogen and oxygen atoms in total. The van der Waals surface area contributed by atoms with Crippen molar-refractivity contribution in [1.29, 1.82) is 0 Å². The van der Waals surface area contributed by atoms with Crippen LogP contribution in [0.5, 0.6) is 0 Å². The summed E-state index contributed by atoms with van der Waals surface area (Å²) in [6.45, 7) is 10.1. The van der Waals surface area contributed by atoms with E-state index in [1.807, 2.05) is 0 Å². The average molecular weight is 156 g/mol. The number of hydrogen-bond donors (Lipinski definition) is 0. The van der Waals surface area contributed by atoms with Gasteiger partial charge in [-0.25, -0.2) is 0 Å². The first-order valence-corrected chi connectivity index (χ1v) is 4.72. The highest BCUT2D eigenvalue weighted by molar-refractivity contribution is 4.85. The summed E-state index contributed by atoms with van der Waals surface area (Å²) >= 11 is 0. The highest BCUT2D eigenvalue weighted by Gasteiger charge is 2.36. The summed E-state index contributed by atoms with van der Waals surface area (Å²) in [5.74, 6) is 0.709. The predicted molar refractivity (Wildman–Crippen MR) is 47.6 cm³/mol. The van der Waals surface area contributed by atoms with Gasteiger partial charge in [-0.1, -0.05) is 27.2 Å². The lowest BCUT2D eigenvalue weighted by atomic mass is 9.70. The van der Waals surface area contributed by atoms with Gasteiger partial charge in [0.05, 0.1) is 6.10 Å². The summed E-state index contributed by atoms with van der Waals surface area (Å²) < 4.78 is 5.59. The van der Waals surface area contributed by atoms with Gasteiger partial charge in [0.25, 0.3) is 0 Å². The van der Waals surface area contributed by atoms with E-state index in [1.54, 1.807) is 0 Å². The first-order chi connectivity index (χ1) is 5.10. The molecule has 1 aliphatic rings. The minimum absolute atomic E-state index is 0.452. The van der Waals surface area contributed by atoms with E-state index in [2.05, 4.69) is 27.7 Å². The molecule has 1 heteroatoms. The number of hydrogen-bond acceptors (Lipinski definition) is 1. The highest BCUT2D eigenvalue weighted by Crippen LogP contribution is 2.40. The van der Waals surface area contributed by atoms with E-state index in [-0.39, 0.29) is 0 Å². The maximum Gasteiger partial charge on any atom is 0.0577 e. The molecule has 0 radical (unpaired) electrons. The van der Waals surface area contributed by atoms with Crippen LogP contribution in [0.15, 0.2) is 0 Å². The predicted octanol–water partition coefficient (Wildman–Crippen LogP) is 2.85. The van der Waals surface area contributed by atoms with Gasteiger partial charge >= 0.3 is 0 Å². The zero-order valence-corrected chi connectivity index (χ0v) is 8.18. The highest BCUT2D eigenvalue weighted by atomic mass is 16.5. The smallest absolute Gasteiger partial charge is 0.0577 e. The SMILES string of the molecule is CC[C@]1(C)CCOC(C)[C@@H]1C. The van der Waals surface area contributed by atoms with E-state index < -0.39 is 0 Å². The fraction of sp³-hybridized carbons (Fsp3) is 1.00. The van der Waals surface area contributed by atoms with Gasteiger partial charge in [0.1, 0.15) is 0 Å². The molecule has 1 saturated heterocycles. The van der Waals surface area contributed by atoms with Crippen LogP contribution in [-0.2, 0) is 4.74 Å².